The van der Waals surface area contributed by atoms with Crippen LogP contribution < -0.4 is 0 Å². The molecule has 4 N–H and O–H groups in total. The second-order valence-electron chi connectivity index (χ2n) is 7.40. The smallest absolute Gasteiger partial charge is 0.361 e. The van der Waals surface area contributed by atoms with Crippen LogP contribution in [0, 0.1) is 0 Å². The number of hydrogen-bond donors (Lipinski definition) is 4. The number of para-hydroxylation sites is 1. The van der Waals surface area contributed by atoms with E-state index in [0.29, 0.717) is 26.5 Å². The number of aliphatic carboxylic acids is 1. The normalized spacial score (nSPS) is 25.2. The van der Waals surface area contributed by atoms with Gasteiger partial charge >= 0.3 is 11.9 Å². The maximum absolute atomic E-state index is 12.9. The number of aliphatic hydroxyl groups excluding tert-OH is 3. The number of carboxylic acid groups (broad SMARTS) is 1. The Kier molecular flexibility index (Phi) is 6.57. The number of benzene rings is 2. The van der Waals surface area contributed by atoms with E-state index < -0.39 is 42.6 Å². The second kappa shape index (κ2) is 9.26. The Morgan fingerprint density at radius 2 is 1.79 bits per heavy atom. The Morgan fingerprint density at radius 1 is 1.06 bits per heavy atom. The summed E-state index contributed by atoms with van der Waals surface area (Å²) in [5.74, 6) is -2.62. The number of rotatable bonds is 5. The van der Waals surface area contributed by atoms with Crippen LogP contribution in [0.5, 0.6) is 0 Å². The monoisotopic (exact) mass is 496 g/mol. The van der Waals surface area contributed by atoms with Crippen molar-refractivity contribution in [2.45, 2.75) is 37.3 Å². The summed E-state index contributed by atoms with van der Waals surface area (Å²) in [6.07, 6.45) is -9.43. The van der Waals surface area contributed by atoms with E-state index in [1.807, 2.05) is 0 Å². The first-order chi connectivity index (χ1) is 15.7. The van der Waals surface area contributed by atoms with E-state index in [1.54, 1.807) is 42.5 Å². The molecule has 1 aromatic heterocycles. The van der Waals surface area contributed by atoms with Crippen LogP contribution in [-0.2, 0) is 20.8 Å². The summed E-state index contributed by atoms with van der Waals surface area (Å²) in [5.41, 5.74) is 1.15. The van der Waals surface area contributed by atoms with Gasteiger partial charge in [0.1, 0.15) is 18.3 Å². The Morgan fingerprint density at radius 3 is 2.48 bits per heavy atom. The van der Waals surface area contributed by atoms with Gasteiger partial charge in [0, 0.05) is 15.4 Å². The molecule has 33 heavy (non-hydrogen) atoms. The van der Waals surface area contributed by atoms with Crippen LogP contribution >= 0.6 is 23.2 Å². The van der Waals surface area contributed by atoms with E-state index in [2.05, 4.69) is 5.10 Å². The zero-order valence-electron chi connectivity index (χ0n) is 16.7. The third-order valence-corrected chi connectivity index (χ3v) is 5.81. The molecule has 0 spiro atoms. The van der Waals surface area contributed by atoms with Crippen molar-refractivity contribution in [1.82, 2.24) is 9.78 Å². The van der Waals surface area contributed by atoms with Crippen molar-refractivity contribution >= 4 is 46.0 Å². The number of hydrogen-bond acceptors (Lipinski definition) is 8. The Balaban J connectivity index is 1.63. The van der Waals surface area contributed by atoms with Gasteiger partial charge < -0.3 is 29.9 Å². The summed E-state index contributed by atoms with van der Waals surface area (Å²) in [7, 11) is 0. The lowest BCUT2D eigenvalue weighted by Crippen LogP contribution is -2.60. The van der Waals surface area contributed by atoms with E-state index in [1.165, 1.54) is 4.68 Å². The highest BCUT2D eigenvalue weighted by Crippen LogP contribution is 2.27. The number of carboxylic acids is 1. The Hall–Kier alpha value is -2.73. The number of aliphatic hydroxyl groups is 3. The van der Waals surface area contributed by atoms with Crippen molar-refractivity contribution in [3.05, 3.63) is 63.8 Å². The van der Waals surface area contributed by atoms with Crippen molar-refractivity contribution in [3.8, 4) is 0 Å². The lowest BCUT2D eigenvalue weighted by atomic mass is 9.99. The fraction of sp³-hybridized carbons (Fsp3) is 0.286. The van der Waals surface area contributed by atoms with Gasteiger partial charge in [-0.1, -0.05) is 47.5 Å². The van der Waals surface area contributed by atoms with E-state index in [-0.39, 0.29) is 12.2 Å². The maximum atomic E-state index is 12.9. The minimum absolute atomic E-state index is 0.126. The first kappa shape index (κ1) is 23.4. The number of fused-ring (bicyclic) bond motifs is 1. The average molecular weight is 497 g/mol. The quantitative estimate of drug-likeness (QED) is 0.384. The number of carbonyl (C=O) groups excluding carboxylic acids is 1. The first-order valence-electron chi connectivity index (χ1n) is 9.70. The number of ether oxygens (including phenoxy) is 2. The SMILES string of the molecule is O=C(OC1O[C@H](C(=O)O)[C@@H](O)[C@H](O)[C@H]1O)c1nn(Cc2ccc(Cl)cc2Cl)c2ccccc12. The van der Waals surface area contributed by atoms with Crippen molar-refractivity contribution in [1.29, 1.82) is 0 Å². The average Bonchev–Trinajstić information content (AvgIpc) is 3.14. The van der Waals surface area contributed by atoms with E-state index in [4.69, 9.17) is 37.8 Å². The Labute approximate surface area is 196 Å². The minimum atomic E-state index is -1.91. The van der Waals surface area contributed by atoms with Gasteiger partial charge in [0.05, 0.1) is 12.1 Å². The highest BCUT2D eigenvalue weighted by Gasteiger charge is 2.48. The largest absolute Gasteiger partial charge is 0.479 e. The first-order valence-corrected chi connectivity index (χ1v) is 10.5. The third-order valence-electron chi connectivity index (χ3n) is 5.22. The molecule has 1 unspecified atom stereocenters. The molecule has 2 heterocycles. The molecule has 0 bridgehead atoms. The topological polar surface area (TPSA) is 151 Å². The summed E-state index contributed by atoms with van der Waals surface area (Å²) >= 11 is 12.2. The summed E-state index contributed by atoms with van der Waals surface area (Å²) in [5, 5.41) is 44.6. The molecule has 2 aromatic carbocycles. The molecule has 12 heteroatoms. The van der Waals surface area contributed by atoms with E-state index >= 15 is 0 Å². The van der Waals surface area contributed by atoms with Gasteiger partial charge in [0.25, 0.3) is 0 Å². The van der Waals surface area contributed by atoms with Crippen LogP contribution in [0.25, 0.3) is 10.9 Å². The highest BCUT2D eigenvalue weighted by atomic mass is 35.5. The van der Waals surface area contributed by atoms with Crippen molar-refractivity contribution in [3.63, 3.8) is 0 Å². The van der Waals surface area contributed by atoms with Gasteiger partial charge in [-0.25, -0.2) is 9.59 Å². The molecule has 0 amide bonds. The van der Waals surface area contributed by atoms with Crippen molar-refractivity contribution in [2.75, 3.05) is 0 Å². The lowest BCUT2D eigenvalue weighted by molar-refractivity contribution is -0.278. The molecular formula is C21H18Cl2N2O8. The summed E-state index contributed by atoms with van der Waals surface area (Å²) in [6, 6.07) is 11.8. The maximum Gasteiger partial charge on any atom is 0.361 e. The number of nitrogens with zero attached hydrogens (tertiary/aromatic N) is 2. The second-order valence-corrected chi connectivity index (χ2v) is 8.24. The molecule has 4 rings (SSSR count). The fourth-order valence-electron chi connectivity index (χ4n) is 3.52. The molecule has 1 aliphatic heterocycles. The minimum Gasteiger partial charge on any atom is -0.479 e. The van der Waals surface area contributed by atoms with E-state index in [0.717, 1.165) is 0 Å². The molecule has 0 aliphatic carbocycles. The van der Waals surface area contributed by atoms with Crippen LogP contribution in [0.2, 0.25) is 10.0 Å². The molecule has 3 aromatic rings. The molecule has 1 aliphatic rings. The lowest BCUT2D eigenvalue weighted by Gasteiger charge is -2.37. The van der Waals surface area contributed by atoms with Gasteiger partial charge in [-0.3, -0.25) is 4.68 Å². The Bertz CT molecular complexity index is 1220. The number of aromatic nitrogens is 2. The fourth-order valence-corrected chi connectivity index (χ4v) is 3.99. The van der Waals surface area contributed by atoms with Gasteiger partial charge in [-0.2, -0.15) is 5.10 Å². The molecule has 174 valence electrons. The van der Waals surface area contributed by atoms with Crippen LogP contribution in [0.3, 0.4) is 0 Å². The van der Waals surface area contributed by atoms with E-state index in [9.17, 15) is 24.9 Å². The van der Waals surface area contributed by atoms with Gasteiger partial charge in [0.15, 0.2) is 11.8 Å². The molecular weight excluding hydrogens is 479 g/mol. The predicted octanol–water partition coefficient (Wildman–Crippen LogP) is 1.44. The molecule has 0 saturated carbocycles. The number of esters is 1. The zero-order chi connectivity index (χ0) is 23.9. The van der Waals surface area contributed by atoms with Crippen LogP contribution in [0.15, 0.2) is 42.5 Å². The molecule has 1 saturated heterocycles. The van der Waals surface area contributed by atoms with Crippen LogP contribution in [0.1, 0.15) is 16.1 Å². The molecule has 10 nitrogen and oxygen atoms in total. The van der Waals surface area contributed by atoms with Gasteiger partial charge in [-0.15, -0.1) is 0 Å². The number of carbonyl (C=O) groups is 2. The van der Waals surface area contributed by atoms with Crippen molar-refractivity contribution < 1.29 is 39.5 Å². The predicted molar refractivity (Wildman–Crippen MR) is 115 cm³/mol. The van der Waals surface area contributed by atoms with Gasteiger partial charge in [-0.05, 0) is 23.8 Å². The number of halogens is 2. The van der Waals surface area contributed by atoms with Crippen LogP contribution in [-0.4, -0.2) is 72.9 Å². The summed E-state index contributed by atoms with van der Waals surface area (Å²) in [6.45, 7) is 0.207. The standard InChI is InChI=1S/C21H18Cl2N2O8/c22-10-6-5-9(12(23)7-10)8-25-13-4-2-1-3-11(13)14(24-25)20(31)33-21-17(28)15(26)16(27)18(32-21)19(29)30/h1-7,15-18,21,26-28H,8H2,(H,29,30)/t15-,16-,17+,18-,21?/m0/s1. The zero-order valence-corrected chi connectivity index (χ0v) is 18.2. The summed E-state index contributed by atoms with van der Waals surface area (Å²) < 4.78 is 11.7. The third kappa shape index (κ3) is 4.54. The van der Waals surface area contributed by atoms with Crippen molar-refractivity contribution in [2.24, 2.45) is 0 Å². The summed E-state index contributed by atoms with van der Waals surface area (Å²) in [4.78, 5) is 24.2. The highest BCUT2D eigenvalue weighted by molar-refractivity contribution is 6.35. The molecule has 1 fully saturated rings. The van der Waals surface area contributed by atoms with Crippen LogP contribution in [0.4, 0.5) is 0 Å². The molecule has 0 radical (unpaired) electrons. The van der Waals surface area contributed by atoms with Gasteiger partial charge in [0.2, 0.25) is 6.29 Å². The molecule has 5 atom stereocenters.